The molecule has 0 aromatic carbocycles. The molecule has 1 aliphatic rings. The van der Waals surface area contributed by atoms with Gasteiger partial charge in [0.15, 0.2) is 0 Å². The highest BCUT2D eigenvalue weighted by Crippen LogP contribution is 2.42. The van der Waals surface area contributed by atoms with E-state index in [4.69, 9.17) is 16.5 Å². The summed E-state index contributed by atoms with van der Waals surface area (Å²) in [6.07, 6.45) is 8.14. The molecule has 1 fully saturated rings. The summed E-state index contributed by atoms with van der Waals surface area (Å²) in [5.74, 6) is 0.655. The molecule has 0 aliphatic carbocycles. The molecule has 0 spiro atoms. The van der Waals surface area contributed by atoms with Crippen LogP contribution in [-0.2, 0) is 16.5 Å². The Hall–Kier alpha value is 0.708. The van der Waals surface area contributed by atoms with Crippen LogP contribution in [-0.4, -0.2) is 34.2 Å². The summed E-state index contributed by atoms with van der Waals surface area (Å²) in [7, 11) is -9.54. The minimum Gasteiger partial charge on any atom is -0.416 e. The topological polar surface area (TPSA) is 36.9 Å². The van der Waals surface area contributed by atoms with E-state index in [-0.39, 0.29) is 0 Å². The lowest BCUT2D eigenvalue weighted by Crippen LogP contribution is -2.68. The largest absolute Gasteiger partial charge is 0.416 e. The maximum atomic E-state index is 7.20. The van der Waals surface area contributed by atoms with Gasteiger partial charge in [-0.3, -0.25) is 0 Å². The Morgan fingerprint density at radius 3 is 1.40 bits per heavy atom. The highest BCUT2D eigenvalue weighted by atomic mass is 28.5. The minimum atomic E-state index is -2.43. The van der Waals surface area contributed by atoms with Crippen molar-refractivity contribution in [1.82, 2.24) is 0 Å². The van der Waals surface area contributed by atoms with Crippen molar-refractivity contribution in [3.63, 3.8) is 0 Å². The van der Waals surface area contributed by atoms with Gasteiger partial charge in [-0.25, -0.2) is 0 Å². The van der Waals surface area contributed by atoms with Gasteiger partial charge in [0.1, 0.15) is 0 Å². The van der Waals surface area contributed by atoms with Gasteiger partial charge in [-0.1, -0.05) is 73.6 Å². The Kier molecular flexibility index (Phi) is 11.7. The standard InChI is InChI=1S/C22H52O4Si4/c1-11-14-18-27(7)23-28(8,19-15-12-2)25-30(10,22(6)16-13-3)26-29(9,24-27)20-17-21(4)5/h21-22H,11-20H2,1-10H3. The van der Waals surface area contributed by atoms with Crippen LogP contribution in [0.2, 0.25) is 49.9 Å². The van der Waals surface area contributed by atoms with E-state index in [0.29, 0.717) is 11.5 Å². The molecule has 0 aromatic heterocycles. The zero-order chi connectivity index (χ0) is 23.1. The summed E-state index contributed by atoms with van der Waals surface area (Å²) in [4.78, 5) is 0. The fraction of sp³-hybridized carbons (Fsp3) is 1.00. The molecule has 0 amide bonds. The average Bonchev–Trinajstić information content (AvgIpc) is 2.62. The van der Waals surface area contributed by atoms with Crippen LogP contribution in [0, 0.1) is 5.92 Å². The second kappa shape index (κ2) is 12.2. The maximum Gasteiger partial charge on any atom is 0.320 e. The lowest BCUT2D eigenvalue weighted by molar-refractivity contribution is 0.213. The smallest absolute Gasteiger partial charge is 0.320 e. The fourth-order valence-electron chi connectivity index (χ4n) is 4.60. The third-order valence-corrected chi connectivity index (χ3v) is 25.9. The van der Waals surface area contributed by atoms with E-state index in [9.17, 15) is 0 Å². The monoisotopic (exact) mass is 492 g/mol. The summed E-state index contributed by atoms with van der Waals surface area (Å²) in [5, 5.41) is 0. The molecule has 4 nitrogen and oxygen atoms in total. The predicted molar refractivity (Wildman–Crippen MR) is 139 cm³/mol. The molecule has 8 heteroatoms. The van der Waals surface area contributed by atoms with Crippen LogP contribution in [0.3, 0.4) is 0 Å². The third kappa shape index (κ3) is 8.92. The second-order valence-corrected chi connectivity index (χ2v) is 25.2. The molecule has 5 unspecified atom stereocenters. The highest BCUT2D eigenvalue weighted by Gasteiger charge is 2.57. The summed E-state index contributed by atoms with van der Waals surface area (Å²) in [6.45, 7) is 22.9. The highest BCUT2D eigenvalue weighted by molar-refractivity contribution is 6.94. The first-order valence-corrected chi connectivity index (χ1v) is 22.6. The van der Waals surface area contributed by atoms with E-state index in [1.165, 1.54) is 19.3 Å². The summed E-state index contributed by atoms with van der Waals surface area (Å²) in [5.41, 5.74) is 0.454. The molecule has 0 aromatic rings. The fourth-order valence-corrected chi connectivity index (χ4v) is 28.9. The van der Waals surface area contributed by atoms with Crippen molar-refractivity contribution >= 4 is 34.2 Å². The molecule has 0 N–H and O–H groups in total. The Morgan fingerprint density at radius 1 is 0.567 bits per heavy atom. The van der Waals surface area contributed by atoms with Gasteiger partial charge in [0.05, 0.1) is 0 Å². The van der Waals surface area contributed by atoms with E-state index >= 15 is 0 Å². The molecule has 0 radical (unpaired) electrons. The minimum absolute atomic E-state index is 0.454. The molecule has 1 heterocycles. The number of hydrogen-bond acceptors (Lipinski definition) is 4. The van der Waals surface area contributed by atoms with Crippen LogP contribution < -0.4 is 0 Å². The van der Waals surface area contributed by atoms with Gasteiger partial charge >= 0.3 is 34.2 Å². The maximum absolute atomic E-state index is 7.20. The zero-order valence-electron chi connectivity index (χ0n) is 21.9. The first kappa shape index (κ1) is 28.7. The average molecular weight is 493 g/mol. The van der Waals surface area contributed by atoms with Crippen molar-refractivity contribution in [2.24, 2.45) is 5.92 Å². The molecule has 30 heavy (non-hydrogen) atoms. The Labute approximate surface area is 192 Å². The van der Waals surface area contributed by atoms with Gasteiger partial charge in [0.25, 0.3) is 0 Å². The third-order valence-electron chi connectivity index (χ3n) is 6.46. The Balaban J connectivity index is 3.36. The van der Waals surface area contributed by atoms with Crippen LogP contribution in [0.5, 0.6) is 0 Å². The first-order valence-electron chi connectivity index (χ1n) is 12.7. The van der Waals surface area contributed by atoms with Gasteiger partial charge < -0.3 is 16.5 Å². The first-order chi connectivity index (χ1) is 13.8. The quantitative estimate of drug-likeness (QED) is 0.257. The van der Waals surface area contributed by atoms with E-state index < -0.39 is 34.2 Å². The lowest BCUT2D eigenvalue weighted by atomic mass is 10.2. The van der Waals surface area contributed by atoms with Crippen molar-refractivity contribution in [1.29, 1.82) is 0 Å². The van der Waals surface area contributed by atoms with Gasteiger partial charge in [-0.05, 0) is 68.6 Å². The normalized spacial score (nSPS) is 36.5. The van der Waals surface area contributed by atoms with Crippen LogP contribution in [0.25, 0.3) is 0 Å². The van der Waals surface area contributed by atoms with Crippen molar-refractivity contribution < 1.29 is 16.5 Å². The van der Waals surface area contributed by atoms with E-state index in [1.54, 1.807) is 0 Å². The molecular weight excluding hydrogens is 441 g/mol. The molecule has 0 bridgehead atoms. The molecule has 1 saturated heterocycles. The SMILES string of the molecule is CCCC[Si]1(C)O[Si](C)(CCCC)O[Si](C)(C(C)CCC)O[Si](C)(CCC(C)C)O1. The van der Waals surface area contributed by atoms with Crippen LogP contribution >= 0.6 is 0 Å². The predicted octanol–water partition coefficient (Wildman–Crippen LogP) is 8.19. The van der Waals surface area contributed by atoms with Gasteiger partial charge in [-0.15, -0.1) is 0 Å². The van der Waals surface area contributed by atoms with Crippen LogP contribution in [0.15, 0.2) is 0 Å². The number of unbranched alkanes of at least 4 members (excludes halogenated alkanes) is 2. The van der Waals surface area contributed by atoms with E-state index in [0.717, 1.165) is 43.8 Å². The van der Waals surface area contributed by atoms with Gasteiger partial charge in [-0.2, -0.15) is 0 Å². The molecule has 5 atom stereocenters. The van der Waals surface area contributed by atoms with Crippen molar-refractivity contribution in [2.45, 2.75) is 136 Å². The molecule has 0 saturated carbocycles. The van der Waals surface area contributed by atoms with Crippen LogP contribution in [0.4, 0.5) is 0 Å². The lowest BCUT2D eigenvalue weighted by Gasteiger charge is -2.52. The molecular formula is C22H52O4Si4. The number of hydrogen-bond donors (Lipinski definition) is 0. The zero-order valence-corrected chi connectivity index (χ0v) is 25.9. The summed E-state index contributed by atoms with van der Waals surface area (Å²) < 4.78 is 28.6. The van der Waals surface area contributed by atoms with Crippen molar-refractivity contribution in [3.05, 3.63) is 0 Å². The van der Waals surface area contributed by atoms with Gasteiger partial charge in [0, 0.05) is 0 Å². The van der Waals surface area contributed by atoms with E-state index in [1.807, 2.05) is 0 Å². The van der Waals surface area contributed by atoms with Crippen LogP contribution in [0.1, 0.15) is 86.5 Å². The Morgan fingerprint density at radius 2 is 1.00 bits per heavy atom. The molecule has 1 aliphatic heterocycles. The summed E-state index contributed by atoms with van der Waals surface area (Å²) >= 11 is 0. The van der Waals surface area contributed by atoms with Crippen molar-refractivity contribution in [3.8, 4) is 0 Å². The van der Waals surface area contributed by atoms with Gasteiger partial charge in [0.2, 0.25) is 0 Å². The molecule has 180 valence electrons. The summed E-state index contributed by atoms with van der Waals surface area (Å²) in [6, 6.07) is 3.15. The van der Waals surface area contributed by atoms with E-state index in [2.05, 4.69) is 67.7 Å². The van der Waals surface area contributed by atoms with Crippen molar-refractivity contribution in [2.75, 3.05) is 0 Å². The second-order valence-electron chi connectivity index (χ2n) is 10.7. The number of rotatable bonds is 12. The molecule has 1 rings (SSSR count). The Bertz CT molecular complexity index is 512.